The van der Waals surface area contributed by atoms with Crippen molar-refractivity contribution >= 4 is 35.6 Å². The Kier molecular flexibility index (Phi) is 6.50. The fraction of sp³-hybridized carbons (Fsp3) is 0.286. The van der Waals surface area contributed by atoms with Gasteiger partial charge in [0.2, 0.25) is 0 Å². The van der Waals surface area contributed by atoms with Crippen LogP contribution in [0.25, 0.3) is 0 Å². The summed E-state index contributed by atoms with van der Waals surface area (Å²) in [6, 6.07) is 8.01. The molecule has 6 heteroatoms. The third-order valence-corrected chi connectivity index (χ3v) is 2.95. The first kappa shape index (κ1) is 16.5. The van der Waals surface area contributed by atoms with Crippen LogP contribution >= 0.6 is 24.0 Å². The van der Waals surface area contributed by atoms with E-state index in [1.807, 2.05) is 23.0 Å². The molecular weight excluding hydrogens is 365 g/mol. The Morgan fingerprint density at radius 2 is 2.15 bits per heavy atom. The highest BCUT2D eigenvalue weighted by atomic mass is 127. The Balaban J connectivity index is 0.00000200. The van der Waals surface area contributed by atoms with E-state index in [2.05, 4.69) is 41.4 Å². The van der Waals surface area contributed by atoms with Crippen molar-refractivity contribution < 1.29 is 0 Å². The summed E-state index contributed by atoms with van der Waals surface area (Å²) in [5, 5.41) is 7.19. The molecule has 0 radical (unpaired) electrons. The third kappa shape index (κ3) is 4.84. The van der Waals surface area contributed by atoms with Crippen molar-refractivity contribution in [3.63, 3.8) is 0 Å². The molecule has 20 heavy (non-hydrogen) atoms. The van der Waals surface area contributed by atoms with Gasteiger partial charge in [-0.2, -0.15) is 5.10 Å². The summed E-state index contributed by atoms with van der Waals surface area (Å²) in [5.74, 6) is 0.426. The SMILES string of the molecule is Cc1ccc(NC(N)=NCCn2cccn2)cc1C.I. The molecule has 0 aliphatic carbocycles. The molecule has 0 fully saturated rings. The molecule has 3 N–H and O–H groups in total. The zero-order chi connectivity index (χ0) is 13.7. The van der Waals surface area contributed by atoms with E-state index in [9.17, 15) is 0 Å². The molecule has 0 aliphatic heterocycles. The number of halogens is 1. The van der Waals surface area contributed by atoms with Crippen molar-refractivity contribution in [1.29, 1.82) is 0 Å². The molecule has 2 aromatic rings. The van der Waals surface area contributed by atoms with E-state index in [4.69, 9.17) is 5.73 Å². The van der Waals surface area contributed by atoms with Crippen molar-refractivity contribution in [2.24, 2.45) is 10.7 Å². The highest BCUT2D eigenvalue weighted by Crippen LogP contribution is 2.13. The first-order valence-electron chi connectivity index (χ1n) is 6.27. The largest absolute Gasteiger partial charge is 0.370 e. The van der Waals surface area contributed by atoms with Gasteiger partial charge in [0.05, 0.1) is 13.1 Å². The van der Waals surface area contributed by atoms with Crippen LogP contribution in [-0.4, -0.2) is 22.3 Å². The van der Waals surface area contributed by atoms with E-state index in [0.29, 0.717) is 12.5 Å². The van der Waals surface area contributed by atoms with Crippen molar-refractivity contribution in [3.8, 4) is 0 Å². The smallest absolute Gasteiger partial charge is 0.193 e. The van der Waals surface area contributed by atoms with Gasteiger partial charge in [0, 0.05) is 18.1 Å². The summed E-state index contributed by atoms with van der Waals surface area (Å²) in [6.45, 7) is 5.49. The van der Waals surface area contributed by atoms with Crippen LogP contribution in [0.5, 0.6) is 0 Å². The molecule has 0 bridgehead atoms. The zero-order valence-electron chi connectivity index (χ0n) is 11.7. The maximum Gasteiger partial charge on any atom is 0.193 e. The van der Waals surface area contributed by atoms with Crippen molar-refractivity contribution in [1.82, 2.24) is 9.78 Å². The molecule has 1 heterocycles. The minimum absolute atomic E-state index is 0. The summed E-state index contributed by atoms with van der Waals surface area (Å²) in [7, 11) is 0. The summed E-state index contributed by atoms with van der Waals surface area (Å²) < 4.78 is 1.83. The zero-order valence-corrected chi connectivity index (χ0v) is 14.0. The second-order valence-corrected chi connectivity index (χ2v) is 4.46. The molecule has 1 aromatic carbocycles. The number of nitrogens with two attached hydrogens (primary N) is 1. The molecule has 0 aliphatic rings. The minimum atomic E-state index is 0. The number of hydrogen-bond donors (Lipinski definition) is 2. The van der Waals surface area contributed by atoms with Gasteiger partial charge in [0.15, 0.2) is 5.96 Å². The fourth-order valence-corrected chi connectivity index (χ4v) is 1.71. The normalized spacial score (nSPS) is 11.0. The van der Waals surface area contributed by atoms with Gasteiger partial charge in [-0.15, -0.1) is 24.0 Å². The number of aromatic nitrogens is 2. The quantitative estimate of drug-likeness (QED) is 0.483. The van der Waals surface area contributed by atoms with E-state index in [1.54, 1.807) is 6.20 Å². The van der Waals surface area contributed by atoms with Gasteiger partial charge in [0.25, 0.3) is 0 Å². The van der Waals surface area contributed by atoms with Crippen LogP contribution in [0.3, 0.4) is 0 Å². The van der Waals surface area contributed by atoms with Crippen molar-refractivity contribution in [2.75, 3.05) is 11.9 Å². The molecule has 0 saturated heterocycles. The number of rotatable bonds is 4. The van der Waals surface area contributed by atoms with E-state index < -0.39 is 0 Å². The summed E-state index contributed by atoms with van der Waals surface area (Å²) >= 11 is 0. The van der Waals surface area contributed by atoms with Crippen LogP contribution in [0.2, 0.25) is 0 Å². The molecule has 1 aromatic heterocycles. The summed E-state index contributed by atoms with van der Waals surface area (Å²) in [5.41, 5.74) is 9.30. The second-order valence-electron chi connectivity index (χ2n) is 4.46. The number of aliphatic imine (C=N–C) groups is 1. The van der Waals surface area contributed by atoms with Crippen molar-refractivity contribution in [3.05, 3.63) is 47.8 Å². The van der Waals surface area contributed by atoms with E-state index in [1.165, 1.54) is 11.1 Å². The Morgan fingerprint density at radius 1 is 1.35 bits per heavy atom. The van der Waals surface area contributed by atoms with Gasteiger partial charge in [0.1, 0.15) is 0 Å². The van der Waals surface area contributed by atoms with Crippen LogP contribution in [0.15, 0.2) is 41.7 Å². The lowest BCUT2D eigenvalue weighted by Gasteiger charge is -2.08. The first-order valence-corrected chi connectivity index (χ1v) is 6.27. The fourth-order valence-electron chi connectivity index (χ4n) is 1.71. The molecule has 108 valence electrons. The van der Waals surface area contributed by atoms with Gasteiger partial charge in [-0.05, 0) is 43.2 Å². The first-order chi connectivity index (χ1) is 9.15. The highest BCUT2D eigenvalue weighted by molar-refractivity contribution is 14.0. The maximum atomic E-state index is 5.84. The van der Waals surface area contributed by atoms with Crippen LogP contribution in [-0.2, 0) is 6.54 Å². The lowest BCUT2D eigenvalue weighted by molar-refractivity contribution is 0.625. The molecule has 0 atom stereocenters. The van der Waals surface area contributed by atoms with Gasteiger partial charge in [-0.1, -0.05) is 6.07 Å². The minimum Gasteiger partial charge on any atom is -0.370 e. The van der Waals surface area contributed by atoms with Gasteiger partial charge < -0.3 is 11.1 Å². The number of nitrogens with zero attached hydrogens (tertiary/aromatic N) is 3. The van der Waals surface area contributed by atoms with E-state index >= 15 is 0 Å². The average Bonchev–Trinajstić information content (AvgIpc) is 2.87. The van der Waals surface area contributed by atoms with Gasteiger partial charge in [-0.25, -0.2) is 0 Å². The molecular formula is C14H20IN5. The van der Waals surface area contributed by atoms with Crippen LogP contribution in [0.1, 0.15) is 11.1 Å². The van der Waals surface area contributed by atoms with E-state index in [-0.39, 0.29) is 24.0 Å². The molecule has 2 rings (SSSR count). The Morgan fingerprint density at radius 3 is 2.80 bits per heavy atom. The summed E-state index contributed by atoms with van der Waals surface area (Å²) in [6.07, 6.45) is 3.66. The lowest BCUT2D eigenvalue weighted by atomic mass is 10.1. The Labute approximate surface area is 136 Å². The summed E-state index contributed by atoms with van der Waals surface area (Å²) in [4.78, 5) is 4.27. The molecule has 5 nitrogen and oxygen atoms in total. The molecule has 0 amide bonds. The van der Waals surface area contributed by atoms with E-state index in [0.717, 1.165) is 12.2 Å². The number of hydrogen-bond acceptors (Lipinski definition) is 2. The topological polar surface area (TPSA) is 68.2 Å². The Hall–Kier alpha value is -1.57. The predicted molar refractivity (Wildman–Crippen MR) is 93.7 cm³/mol. The van der Waals surface area contributed by atoms with Crippen LogP contribution in [0.4, 0.5) is 5.69 Å². The Bertz CT molecular complexity index is 563. The van der Waals surface area contributed by atoms with Gasteiger partial charge >= 0.3 is 0 Å². The lowest BCUT2D eigenvalue weighted by Crippen LogP contribution is -2.23. The van der Waals surface area contributed by atoms with Crippen LogP contribution in [0, 0.1) is 13.8 Å². The number of anilines is 1. The third-order valence-electron chi connectivity index (χ3n) is 2.95. The van der Waals surface area contributed by atoms with Crippen LogP contribution < -0.4 is 11.1 Å². The number of aryl methyl sites for hydroxylation is 2. The average molecular weight is 385 g/mol. The molecule has 0 saturated carbocycles. The predicted octanol–water partition coefficient (Wildman–Crippen LogP) is 2.54. The highest BCUT2D eigenvalue weighted by Gasteiger charge is 1.98. The molecule has 0 spiro atoms. The maximum absolute atomic E-state index is 5.84. The second kappa shape index (κ2) is 7.88. The number of guanidine groups is 1. The number of nitrogens with one attached hydrogen (secondary N) is 1. The number of benzene rings is 1. The standard InChI is InChI=1S/C14H19N5.HI/c1-11-4-5-13(10-12(11)2)18-14(15)16-7-9-19-8-3-6-17-19;/h3-6,8,10H,7,9H2,1-2H3,(H3,15,16,18);1H. The van der Waals surface area contributed by atoms with Crippen molar-refractivity contribution in [2.45, 2.75) is 20.4 Å². The monoisotopic (exact) mass is 385 g/mol. The van der Waals surface area contributed by atoms with Gasteiger partial charge in [-0.3, -0.25) is 9.67 Å². The molecule has 0 unspecified atom stereocenters.